The molecule has 0 heterocycles. The first kappa shape index (κ1) is 20.4. The second-order valence-corrected chi connectivity index (χ2v) is 10.8. The molecule has 3 rings (SSSR count). The molecule has 0 aromatic heterocycles. The minimum Gasteiger partial charge on any atom is -0.507 e. The third kappa shape index (κ3) is 3.22. The molecule has 0 aliphatic heterocycles. The summed E-state index contributed by atoms with van der Waals surface area (Å²) < 4.78 is 0. The maximum absolute atomic E-state index is 11.1. The highest BCUT2D eigenvalue weighted by Gasteiger charge is 2.61. The number of aliphatic imine (C=N–C) groups is 1. The highest BCUT2D eigenvalue weighted by molar-refractivity contribution is 5.85. The summed E-state index contributed by atoms with van der Waals surface area (Å²) in [6.07, 6.45) is 5.48. The Bertz CT molecular complexity index is 743. The number of aliphatic hydroxyl groups is 1. The summed E-state index contributed by atoms with van der Waals surface area (Å²) in [5.41, 5.74) is 3.45. The van der Waals surface area contributed by atoms with E-state index in [1.165, 1.54) is 19.3 Å². The van der Waals surface area contributed by atoms with Crippen LogP contribution in [0.4, 0.5) is 0 Å². The van der Waals surface area contributed by atoms with Gasteiger partial charge in [0.25, 0.3) is 0 Å². The summed E-state index contributed by atoms with van der Waals surface area (Å²) in [6, 6.07) is 3.99. The molecular weight excluding hydrogens is 334 g/mol. The Labute approximate surface area is 164 Å². The number of aliphatic hydroxyl groups excluding tert-OH is 1. The van der Waals surface area contributed by atoms with Gasteiger partial charge in [0, 0.05) is 11.8 Å². The van der Waals surface area contributed by atoms with Crippen molar-refractivity contribution in [1.29, 1.82) is 0 Å². The van der Waals surface area contributed by atoms with Crippen molar-refractivity contribution in [2.75, 3.05) is 6.61 Å². The van der Waals surface area contributed by atoms with Crippen molar-refractivity contribution in [3.63, 3.8) is 0 Å². The fourth-order valence-corrected chi connectivity index (χ4v) is 5.59. The molecule has 2 bridgehead atoms. The normalized spacial score (nSPS) is 31.0. The van der Waals surface area contributed by atoms with Gasteiger partial charge in [-0.1, -0.05) is 47.6 Å². The number of phenolic OH excluding ortho intramolecular Hbond substituents is 1. The van der Waals surface area contributed by atoms with Gasteiger partial charge in [-0.2, -0.15) is 0 Å². The predicted molar refractivity (Wildman–Crippen MR) is 113 cm³/mol. The number of fused-ring (bicyclic) bond motifs is 2. The average Bonchev–Trinajstić information content (AvgIpc) is 2.90. The van der Waals surface area contributed by atoms with Crippen molar-refractivity contribution < 1.29 is 10.2 Å². The van der Waals surface area contributed by atoms with Crippen LogP contribution in [0, 0.1) is 29.1 Å². The monoisotopic (exact) mass is 371 g/mol. The SMILES string of the molecule is Cc1cc(C=N[C@H](CO)C(C)(C)C)c(O)c(C2CC3CCC2(C)C3(C)C)c1. The molecule has 2 fully saturated rings. The van der Waals surface area contributed by atoms with Gasteiger partial charge in [0.15, 0.2) is 0 Å². The van der Waals surface area contributed by atoms with Gasteiger partial charge in [-0.3, -0.25) is 4.99 Å². The smallest absolute Gasteiger partial charge is 0.127 e. The molecule has 0 saturated heterocycles. The first-order valence-electron chi connectivity index (χ1n) is 10.4. The Balaban J connectivity index is 1.98. The Morgan fingerprint density at radius 2 is 1.93 bits per heavy atom. The lowest BCUT2D eigenvalue weighted by molar-refractivity contribution is 0.133. The van der Waals surface area contributed by atoms with Crippen molar-refractivity contribution in [3.05, 3.63) is 28.8 Å². The Morgan fingerprint density at radius 3 is 2.41 bits per heavy atom. The molecule has 3 unspecified atom stereocenters. The Hall–Kier alpha value is -1.35. The molecule has 3 nitrogen and oxygen atoms in total. The highest BCUT2D eigenvalue weighted by Crippen LogP contribution is 2.71. The fourth-order valence-electron chi connectivity index (χ4n) is 5.59. The van der Waals surface area contributed by atoms with E-state index >= 15 is 0 Å². The van der Waals surface area contributed by atoms with Gasteiger partial charge in [-0.05, 0) is 71.5 Å². The van der Waals surface area contributed by atoms with Crippen LogP contribution < -0.4 is 0 Å². The van der Waals surface area contributed by atoms with Crippen LogP contribution in [-0.2, 0) is 0 Å². The number of aromatic hydroxyl groups is 1. The van der Waals surface area contributed by atoms with E-state index in [2.05, 4.69) is 59.5 Å². The Kier molecular flexibility index (Phi) is 5.00. The quantitative estimate of drug-likeness (QED) is 0.691. The average molecular weight is 372 g/mol. The van der Waals surface area contributed by atoms with Crippen molar-refractivity contribution in [1.82, 2.24) is 0 Å². The van der Waals surface area contributed by atoms with E-state index in [0.29, 0.717) is 17.1 Å². The maximum Gasteiger partial charge on any atom is 0.127 e. The Morgan fingerprint density at radius 1 is 1.26 bits per heavy atom. The summed E-state index contributed by atoms with van der Waals surface area (Å²) in [4.78, 5) is 4.61. The summed E-state index contributed by atoms with van der Waals surface area (Å²) in [7, 11) is 0. The van der Waals surface area contributed by atoms with Crippen molar-refractivity contribution in [2.24, 2.45) is 27.2 Å². The van der Waals surface area contributed by atoms with Crippen molar-refractivity contribution in [2.45, 2.75) is 79.7 Å². The number of nitrogens with zero attached hydrogens (tertiary/aromatic N) is 1. The molecule has 2 aliphatic carbocycles. The van der Waals surface area contributed by atoms with Gasteiger partial charge >= 0.3 is 0 Å². The summed E-state index contributed by atoms with van der Waals surface area (Å²) in [5.74, 6) is 1.52. The highest BCUT2D eigenvalue weighted by atomic mass is 16.3. The predicted octanol–water partition coefficient (Wildman–Crippen LogP) is 5.46. The largest absolute Gasteiger partial charge is 0.507 e. The van der Waals surface area contributed by atoms with E-state index in [0.717, 1.165) is 22.6 Å². The van der Waals surface area contributed by atoms with Crippen LogP contribution in [0.25, 0.3) is 0 Å². The number of aryl methyl sites for hydroxylation is 1. The molecule has 2 saturated carbocycles. The van der Waals surface area contributed by atoms with Crippen LogP contribution in [0.5, 0.6) is 5.75 Å². The second-order valence-electron chi connectivity index (χ2n) is 10.8. The molecule has 2 aliphatic rings. The van der Waals surface area contributed by atoms with Gasteiger partial charge in [0.05, 0.1) is 12.6 Å². The van der Waals surface area contributed by atoms with Crippen LogP contribution in [0.1, 0.15) is 83.4 Å². The minimum atomic E-state index is -0.181. The number of benzene rings is 1. The zero-order chi connectivity index (χ0) is 20.2. The third-order valence-corrected chi connectivity index (χ3v) is 8.05. The van der Waals surface area contributed by atoms with Gasteiger partial charge < -0.3 is 10.2 Å². The molecule has 4 atom stereocenters. The zero-order valence-corrected chi connectivity index (χ0v) is 18.1. The van der Waals surface area contributed by atoms with E-state index < -0.39 is 0 Å². The maximum atomic E-state index is 11.1. The first-order valence-corrected chi connectivity index (χ1v) is 10.4. The molecule has 0 amide bonds. The lowest BCUT2D eigenvalue weighted by Crippen LogP contribution is -2.31. The molecule has 150 valence electrons. The molecule has 2 N–H and O–H groups in total. The van der Waals surface area contributed by atoms with Gasteiger partial charge in [-0.25, -0.2) is 0 Å². The molecule has 0 spiro atoms. The van der Waals surface area contributed by atoms with Crippen LogP contribution in [0.3, 0.4) is 0 Å². The topological polar surface area (TPSA) is 52.8 Å². The number of rotatable bonds is 4. The lowest BCUT2D eigenvalue weighted by Gasteiger charge is -2.40. The standard InChI is InChI=1S/C24H37NO2/c1-15-10-16(13-25-20(14-26)22(2,3)4)21(27)18(11-15)19-12-17-8-9-24(19,7)23(17,5)6/h10-11,13,17,19-20,26-27H,8-9,12,14H2,1-7H3/t17?,19?,20-,24?/m1/s1. The van der Waals surface area contributed by atoms with Crippen LogP contribution >= 0.6 is 0 Å². The first-order chi connectivity index (χ1) is 12.4. The van der Waals surface area contributed by atoms with E-state index in [9.17, 15) is 10.2 Å². The minimum absolute atomic E-state index is 0.00992. The molecule has 27 heavy (non-hydrogen) atoms. The third-order valence-electron chi connectivity index (χ3n) is 8.05. The molecule has 0 radical (unpaired) electrons. The van der Waals surface area contributed by atoms with Gasteiger partial charge in [0.2, 0.25) is 0 Å². The number of phenols is 1. The lowest BCUT2D eigenvalue weighted by atomic mass is 9.64. The fraction of sp³-hybridized carbons (Fsp3) is 0.708. The molecular formula is C24H37NO2. The summed E-state index contributed by atoms with van der Waals surface area (Å²) in [6.45, 7) is 15.6. The van der Waals surface area contributed by atoms with Gasteiger partial charge in [0.1, 0.15) is 5.75 Å². The van der Waals surface area contributed by atoms with E-state index in [1.807, 2.05) is 6.07 Å². The zero-order valence-electron chi connectivity index (χ0n) is 18.1. The summed E-state index contributed by atoms with van der Waals surface area (Å²) in [5, 5.41) is 20.8. The van der Waals surface area contributed by atoms with Gasteiger partial charge in [-0.15, -0.1) is 0 Å². The summed E-state index contributed by atoms with van der Waals surface area (Å²) >= 11 is 0. The molecule has 1 aromatic carbocycles. The van der Waals surface area contributed by atoms with Crippen molar-refractivity contribution in [3.8, 4) is 5.75 Å². The van der Waals surface area contributed by atoms with Crippen LogP contribution in [0.2, 0.25) is 0 Å². The van der Waals surface area contributed by atoms with Crippen LogP contribution in [-0.4, -0.2) is 29.1 Å². The van der Waals surface area contributed by atoms with Crippen molar-refractivity contribution >= 4 is 6.21 Å². The molecule has 1 aromatic rings. The number of hydrogen-bond donors (Lipinski definition) is 2. The molecule has 3 heteroatoms. The second kappa shape index (κ2) is 6.62. The van der Waals surface area contributed by atoms with Crippen LogP contribution in [0.15, 0.2) is 17.1 Å². The van der Waals surface area contributed by atoms with E-state index in [-0.39, 0.29) is 23.5 Å². The van der Waals surface area contributed by atoms with E-state index in [4.69, 9.17) is 0 Å². The van der Waals surface area contributed by atoms with E-state index in [1.54, 1.807) is 6.21 Å². The number of hydrogen-bond acceptors (Lipinski definition) is 3.